The van der Waals surface area contributed by atoms with Crippen LogP contribution < -0.4 is 16.9 Å². The quantitative estimate of drug-likeness (QED) is 0.230. The fourth-order valence-corrected chi connectivity index (χ4v) is 5.30. The van der Waals surface area contributed by atoms with Gasteiger partial charge in [-0.2, -0.15) is 0 Å². The van der Waals surface area contributed by atoms with Gasteiger partial charge in [-0.3, -0.25) is 14.2 Å². The van der Waals surface area contributed by atoms with Crippen LogP contribution in [0.25, 0.3) is 41.7 Å². The van der Waals surface area contributed by atoms with Crippen molar-refractivity contribution in [3.63, 3.8) is 0 Å². The maximum Gasteiger partial charge on any atom is 0.261 e. The molecule has 5 rings (SSSR count). The van der Waals surface area contributed by atoms with Gasteiger partial charge in [0, 0.05) is 37.5 Å². The highest BCUT2D eigenvalue weighted by atomic mass is 32.1. The fourth-order valence-electron chi connectivity index (χ4n) is 4.17. The van der Waals surface area contributed by atoms with Crippen LogP contribution in [-0.2, 0) is 16.0 Å². The van der Waals surface area contributed by atoms with Crippen molar-refractivity contribution in [3.05, 3.63) is 69.2 Å². The van der Waals surface area contributed by atoms with E-state index in [4.69, 9.17) is 15.2 Å². The lowest BCUT2D eigenvalue weighted by Crippen LogP contribution is -2.34. The molecule has 2 aromatic heterocycles. The largest absolute Gasteiger partial charge is 0.378 e. The Morgan fingerprint density at radius 2 is 1.39 bits per heavy atom. The molecular weight excluding hydrogens is 412 g/mol. The minimum atomic E-state index is -0.270. The van der Waals surface area contributed by atoms with Crippen LogP contribution in [0, 0.1) is 0 Å². The monoisotopic (exact) mass is 434 g/mol. The van der Waals surface area contributed by atoms with Crippen molar-refractivity contribution >= 4 is 53.1 Å². The Morgan fingerprint density at radius 3 is 2.16 bits per heavy atom. The van der Waals surface area contributed by atoms with Gasteiger partial charge >= 0.3 is 0 Å². The van der Waals surface area contributed by atoms with Crippen LogP contribution in [0.15, 0.2) is 58.1 Å². The van der Waals surface area contributed by atoms with Gasteiger partial charge in [0.2, 0.25) is 0 Å². The summed E-state index contributed by atoms with van der Waals surface area (Å²) in [6.45, 7) is 2.25. The third kappa shape index (κ3) is 3.40. The molecule has 0 aliphatic carbocycles. The van der Waals surface area contributed by atoms with Crippen molar-refractivity contribution in [1.29, 1.82) is 0 Å². The van der Waals surface area contributed by atoms with Crippen molar-refractivity contribution in [2.75, 3.05) is 33.0 Å². The number of aromatic nitrogens is 1. The van der Waals surface area contributed by atoms with Crippen LogP contribution in [0.1, 0.15) is 0 Å². The Kier molecular flexibility index (Phi) is 5.41. The summed E-state index contributed by atoms with van der Waals surface area (Å²) in [5.74, 6) is 0. The van der Waals surface area contributed by atoms with E-state index in [0.29, 0.717) is 37.1 Å². The molecule has 6 nitrogen and oxygen atoms in total. The summed E-state index contributed by atoms with van der Waals surface area (Å²) in [4.78, 5) is 26.4. The molecule has 0 spiro atoms. The lowest BCUT2D eigenvalue weighted by Gasteiger charge is -2.14. The van der Waals surface area contributed by atoms with E-state index < -0.39 is 0 Å². The van der Waals surface area contributed by atoms with Gasteiger partial charge in [-0.05, 0) is 35.0 Å². The van der Waals surface area contributed by atoms with Crippen LogP contribution >= 0.6 is 11.3 Å². The molecule has 2 heterocycles. The second-order valence-electron chi connectivity index (χ2n) is 7.40. The number of hydrogen-bond donors (Lipinski definition) is 1. The lowest BCUT2D eigenvalue weighted by molar-refractivity contribution is 0.0473. The van der Waals surface area contributed by atoms with E-state index in [-0.39, 0.29) is 24.3 Å². The summed E-state index contributed by atoms with van der Waals surface area (Å²) < 4.78 is 14.3. The first-order valence-corrected chi connectivity index (χ1v) is 11.1. The van der Waals surface area contributed by atoms with Gasteiger partial charge in [0.05, 0.1) is 33.0 Å². The van der Waals surface area contributed by atoms with Crippen LogP contribution in [-0.4, -0.2) is 37.5 Å². The van der Waals surface area contributed by atoms with E-state index in [9.17, 15) is 9.59 Å². The van der Waals surface area contributed by atoms with Crippen molar-refractivity contribution in [3.8, 4) is 0 Å². The maximum absolute atomic E-state index is 13.2. The molecule has 0 bridgehead atoms. The van der Waals surface area contributed by atoms with Crippen LogP contribution in [0.3, 0.4) is 0 Å². The van der Waals surface area contributed by atoms with Gasteiger partial charge in [-0.25, -0.2) is 0 Å². The van der Waals surface area contributed by atoms with E-state index in [1.165, 1.54) is 9.27 Å². The fraction of sp³-hybridized carbons (Fsp3) is 0.250. The molecule has 0 amide bonds. The third-order valence-corrected chi connectivity index (χ3v) is 6.70. The minimum absolute atomic E-state index is 0.205. The number of ether oxygens (including phenoxy) is 2. The van der Waals surface area contributed by atoms with Crippen molar-refractivity contribution in [1.82, 2.24) is 4.57 Å². The van der Waals surface area contributed by atoms with Crippen molar-refractivity contribution < 1.29 is 9.47 Å². The molecule has 0 radical (unpaired) electrons. The Labute approximate surface area is 181 Å². The molecule has 7 heteroatoms. The van der Waals surface area contributed by atoms with Crippen LogP contribution in [0.5, 0.6) is 0 Å². The van der Waals surface area contributed by atoms with Gasteiger partial charge in [-0.1, -0.05) is 24.3 Å². The Balaban J connectivity index is 1.59. The van der Waals surface area contributed by atoms with Gasteiger partial charge in [0.1, 0.15) is 0 Å². The average Bonchev–Trinajstić information content (AvgIpc) is 2.80. The number of rotatable bonds is 8. The van der Waals surface area contributed by atoms with Gasteiger partial charge in [-0.15, -0.1) is 11.3 Å². The highest BCUT2D eigenvalue weighted by molar-refractivity contribution is 7.25. The second-order valence-corrected chi connectivity index (χ2v) is 8.48. The summed E-state index contributed by atoms with van der Waals surface area (Å²) >= 11 is 1.68. The van der Waals surface area contributed by atoms with E-state index in [0.717, 1.165) is 26.2 Å². The first kappa shape index (κ1) is 20.1. The molecule has 5 aromatic rings. The number of hydrogen-bond acceptors (Lipinski definition) is 6. The molecule has 2 N–H and O–H groups in total. The molecule has 0 aliphatic rings. The van der Waals surface area contributed by atoms with Crippen LogP contribution in [0.2, 0.25) is 0 Å². The SMILES string of the molecule is NCCOCCOCCn1c(=O)c2ccc3sc4ccccc4c4ccc(c1=O)c2c34. The first-order valence-electron chi connectivity index (χ1n) is 10.3. The highest BCUT2D eigenvalue weighted by Gasteiger charge is 2.17. The second kappa shape index (κ2) is 8.36. The van der Waals surface area contributed by atoms with Gasteiger partial charge < -0.3 is 15.2 Å². The topological polar surface area (TPSA) is 83.6 Å². The Hall–Kier alpha value is -2.84. The summed E-state index contributed by atoms with van der Waals surface area (Å²) in [6, 6.07) is 15.9. The van der Waals surface area contributed by atoms with Gasteiger partial charge in [0.25, 0.3) is 11.1 Å². The van der Waals surface area contributed by atoms with Gasteiger partial charge in [0.15, 0.2) is 0 Å². The molecule has 0 unspecified atom stereocenters. The van der Waals surface area contributed by atoms with Crippen molar-refractivity contribution in [2.24, 2.45) is 5.73 Å². The molecule has 0 atom stereocenters. The lowest BCUT2D eigenvalue weighted by atomic mass is 9.98. The van der Waals surface area contributed by atoms with Crippen molar-refractivity contribution in [2.45, 2.75) is 6.54 Å². The summed E-state index contributed by atoms with van der Waals surface area (Å²) in [5, 5.41) is 5.10. The zero-order valence-electron chi connectivity index (χ0n) is 16.9. The maximum atomic E-state index is 13.2. The smallest absolute Gasteiger partial charge is 0.261 e. The molecule has 3 aromatic carbocycles. The number of nitrogens with zero attached hydrogens (tertiary/aromatic N) is 1. The van der Waals surface area contributed by atoms with E-state index >= 15 is 0 Å². The zero-order valence-corrected chi connectivity index (χ0v) is 17.7. The molecule has 0 aliphatic heterocycles. The summed E-state index contributed by atoms with van der Waals surface area (Å²) in [5.41, 5.74) is 4.83. The zero-order chi connectivity index (χ0) is 21.4. The molecule has 0 saturated heterocycles. The van der Waals surface area contributed by atoms with E-state index in [2.05, 4.69) is 12.1 Å². The number of fused-ring (bicyclic) bond motifs is 2. The molecule has 158 valence electrons. The predicted octanol–water partition coefficient (Wildman–Crippen LogP) is 3.31. The van der Waals surface area contributed by atoms with Crippen LogP contribution in [0.4, 0.5) is 0 Å². The number of pyridine rings is 1. The van der Waals surface area contributed by atoms with E-state index in [1.807, 2.05) is 36.4 Å². The summed E-state index contributed by atoms with van der Waals surface area (Å²) in [7, 11) is 0. The highest BCUT2D eigenvalue weighted by Crippen LogP contribution is 2.39. The molecular formula is C24H22N2O4S. The average molecular weight is 435 g/mol. The molecule has 0 saturated carbocycles. The Morgan fingerprint density at radius 1 is 0.710 bits per heavy atom. The third-order valence-electron chi connectivity index (χ3n) is 5.56. The summed E-state index contributed by atoms with van der Waals surface area (Å²) in [6.07, 6.45) is 0. The predicted molar refractivity (Wildman–Crippen MR) is 127 cm³/mol. The normalized spacial score (nSPS) is 12.0. The molecule has 31 heavy (non-hydrogen) atoms. The van der Waals surface area contributed by atoms with E-state index in [1.54, 1.807) is 11.3 Å². The Bertz CT molecular complexity index is 1470. The molecule has 0 fully saturated rings. The first-order chi connectivity index (χ1) is 15.2. The number of nitrogens with two attached hydrogens (primary N) is 1. The minimum Gasteiger partial charge on any atom is -0.378 e. The standard InChI is InChI=1S/C24H22N2O4S/c25-9-11-29-13-14-30-12-10-26-23(27)17-6-5-16-15-3-1-2-4-19(15)31-20-8-7-18(24(26)28)21(17)22(16)20/h1-8H,9-14,25H2. The number of benzene rings is 3.